The number of hydrogen-bond donors (Lipinski definition) is 0. The molecule has 0 saturated heterocycles. The molecule has 1 heterocycles. The summed E-state index contributed by atoms with van der Waals surface area (Å²) in [6.07, 6.45) is 7.29. The van der Waals surface area contributed by atoms with E-state index in [4.69, 9.17) is 11.6 Å². The molecule has 3 nitrogen and oxygen atoms in total. The average molecular weight is 303 g/mol. The molecular formula is C17H19ClN2O. The van der Waals surface area contributed by atoms with E-state index in [-0.39, 0.29) is 5.78 Å². The van der Waals surface area contributed by atoms with Crippen LogP contribution in [-0.4, -0.2) is 15.6 Å². The number of ketones is 1. The fourth-order valence-corrected chi connectivity index (χ4v) is 3.19. The largest absolute Gasteiger partial charge is 0.294 e. The Morgan fingerprint density at radius 3 is 2.86 bits per heavy atom. The van der Waals surface area contributed by atoms with E-state index in [1.165, 1.54) is 25.7 Å². The van der Waals surface area contributed by atoms with Gasteiger partial charge in [-0.3, -0.25) is 9.48 Å². The molecule has 110 valence electrons. The van der Waals surface area contributed by atoms with Crippen LogP contribution in [-0.2, 0) is 6.42 Å². The van der Waals surface area contributed by atoms with Crippen molar-refractivity contribution in [2.24, 2.45) is 0 Å². The van der Waals surface area contributed by atoms with E-state index in [9.17, 15) is 4.79 Å². The van der Waals surface area contributed by atoms with Crippen molar-refractivity contribution in [1.82, 2.24) is 9.78 Å². The van der Waals surface area contributed by atoms with Gasteiger partial charge in [0.1, 0.15) is 0 Å². The third-order valence-electron chi connectivity index (χ3n) is 4.27. The Balaban J connectivity index is 1.74. The van der Waals surface area contributed by atoms with Crippen molar-refractivity contribution in [3.63, 3.8) is 0 Å². The summed E-state index contributed by atoms with van der Waals surface area (Å²) in [6.45, 7) is 1.88. The van der Waals surface area contributed by atoms with E-state index in [0.717, 1.165) is 11.3 Å². The molecule has 21 heavy (non-hydrogen) atoms. The zero-order valence-electron chi connectivity index (χ0n) is 12.2. The Morgan fingerprint density at radius 1 is 1.33 bits per heavy atom. The first-order valence-electron chi connectivity index (χ1n) is 7.47. The molecule has 1 aromatic heterocycles. The van der Waals surface area contributed by atoms with Crippen LogP contribution in [0.1, 0.15) is 53.3 Å². The number of halogens is 1. The van der Waals surface area contributed by atoms with E-state index in [2.05, 4.69) is 5.10 Å². The average Bonchev–Trinajstić information content (AvgIpc) is 3.12. The first-order chi connectivity index (χ1) is 10.1. The maximum atomic E-state index is 12.4. The highest BCUT2D eigenvalue weighted by Gasteiger charge is 2.18. The third-order valence-corrected chi connectivity index (χ3v) is 4.68. The first kappa shape index (κ1) is 14.3. The Hall–Kier alpha value is -1.61. The topological polar surface area (TPSA) is 34.9 Å². The summed E-state index contributed by atoms with van der Waals surface area (Å²) in [5, 5.41) is 5.21. The lowest BCUT2D eigenvalue weighted by molar-refractivity contribution is 0.0991. The fraction of sp³-hybridized carbons (Fsp3) is 0.412. The third kappa shape index (κ3) is 3.03. The molecule has 0 amide bonds. The van der Waals surface area contributed by atoms with E-state index >= 15 is 0 Å². The Bertz CT molecular complexity index is 657. The minimum absolute atomic E-state index is 0.0756. The smallest absolute Gasteiger partial charge is 0.169 e. The summed E-state index contributed by atoms with van der Waals surface area (Å²) in [5.41, 5.74) is 2.38. The standard InChI is InChI=1S/C17H19ClN2O/c1-12-15(7-4-8-16(12)18)17(21)11-13-9-10-20(19-13)14-5-2-3-6-14/h4,7-10,14H,2-3,5-6,11H2,1H3. The van der Waals surface area contributed by atoms with Gasteiger partial charge in [0.05, 0.1) is 18.2 Å². The van der Waals surface area contributed by atoms with Crippen LogP contribution in [0, 0.1) is 6.92 Å². The van der Waals surface area contributed by atoms with Crippen LogP contribution in [0.3, 0.4) is 0 Å². The lowest BCUT2D eigenvalue weighted by Crippen LogP contribution is -2.09. The van der Waals surface area contributed by atoms with Crippen molar-refractivity contribution in [2.75, 3.05) is 0 Å². The van der Waals surface area contributed by atoms with Gasteiger partial charge < -0.3 is 0 Å². The fourth-order valence-electron chi connectivity index (χ4n) is 3.01. The molecule has 0 atom stereocenters. The molecule has 2 aromatic rings. The molecule has 0 bridgehead atoms. The predicted octanol–water partition coefficient (Wildman–Crippen LogP) is 4.39. The highest BCUT2D eigenvalue weighted by Crippen LogP contribution is 2.28. The molecular weight excluding hydrogens is 284 g/mol. The van der Waals surface area contributed by atoms with Gasteiger partial charge in [0.15, 0.2) is 5.78 Å². The van der Waals surface area contributed by atoms with Crippen molar-refractivity contribution < 1.29 is 4.79 Å². The molecule has 0 spiro atoms. The van der Waals surface area contributed by atoms with Crippen LogP contribution in [0.4, 0.5) is 0 Å². The molecule has 0 aliphatic heterocycles. The van der Waals surface area contributed by atoms with Crippen LogP contribution in [0.25, 0.3) is 0 Å². The molecule has 1 aromatic carbocycles. The number of aromatic nitrogens is 2. The van der Waals surface area contributed by atoms with E-state index in [1.54, 1.807) is 0 Å². The summed E-state index contributed by atoms with van der Waals surface area (Å²) >= 11 is 6.08. The van der Waals surface area contributed by atoms with Gasteiger partial charge in [-0.1, -0.05) is 36.6 Å². The molecule has 0 N–H and O–H groups in total. The van der Waals surface area contributed by atoms with Gasteiger partial charge in [0.2, 0.25) is 0 Å². The molecule has 4 heteroatoms. The number of benzene rings is 1. The van der Waals surface area contributed by atoms with Crippen LogP contribution >= 0.6 is 11.6 Å². The van der Waals surface area contributed by atoms with Crippen LogP contribution in [0.15, 0.2) is 30.5 Å². The first-order valence-corrected chi connectivity index (χ1v) is 7.85. The van der Waals surface area contributed by atoms with Crippen LogP contribution in [0.5, 0.6) is 0 Å². The Kier molecular flexibility index (Phi) is 4.11. The van der Waals surface area contributed by atoms with Gasteiger partial charge in [-0.15, -0.1) is 0 Å². The highest BCUT2D eigenvalue weighted by molar-refractivity contribution is 6.31. The summed E-state index contributed by atoms with van der Waals surface area (Å²) in [6, 6.07) is 7.93. The minimum atomic E-state index is 0.0756. The quantitative estimate of drug-likeness (QED) is 0.785. The monoisotopic (exact) mass is 302 g/mol. The van der Waals surface area contributed by atoms with E-state index in [0.29, 0.717) is 23.0 Å². The number of Topliss-reactive ketones (excluding diaryl/α,β-unsaturated/α-hetero) is 1. The normalized spacial score (nSPS) is 15.5. The Labute approximate surface area is 129 Å². The summed E-state index contributed by atoms with van der Waals surface area (Å²) in [5.74, 6) is 0.0756. The summed E-state index contributed by atoms with van der Waals surface area (Å²) in [4.78, 5) is 12.4. The number of carbonyl (C=O) groups is 1. The summed E-state index contributed by atoms with van der Waals surface area (Å²) < 4.78 is 2.03. The lowest BCUT2D eigenvalue weighted by atomic mass is 10.0. The second-order valence-electron chi connectivity index (χ2n) is 5.74. The highest BCUT2D eigenvalue weighted by atomic mass is 35.5. The SMILES string of the molecule is Cc1c(Cl)cccc1C(=O)Cc1ccn(C2CCCC2)n1. The molecule has 1 aliphatic rings. The number of nitrogens with zero attached hydrogens (tertiary/aromatic N) is 2. The zero-order chi connectivity index (χ0) is 14.8. The molecule has 1 fully saturated rings. The van der Waals surface area contributed by atoms with Crippen LogP contribution in [0.2, 0.25) is 5.02 Å². The van der Waals surface area contributed by atoms with E-state index in [1.807, 2.05) is 42.1 Å². The number of rotatable bonds is 4. The van der Waals surface area contributed by atoms with Gasteiger partial charge in [-0.2, -0.15) is 5.10 Å². The van der Waals surface area contributed by atoms with Gasteiger partial charge in [0, 0.05) is 16.8 Å². The van der Waals surface area contributed by atoms with E-state index < -0.39 is 0 Å². The maximum absolute atomic E-state index is 12.4. The number of carbonyl (C=O) groups excluding carboxylic acids is 1. The van der Waals surface area contributed by atoms with Gasteiger partial charge in [0.25, 0.3) is 0 Å². The number of hydrogen-bond acceptors (Lipinski definition) is 2. The van der Waals surface area contributed by atoms with Crippen molar-refractivity contribution >= 4 is 17.4 Å². The maximum Gasteiger partial charge on any atom is 0.169 e. The molecule has 3 rings (SSSR count). The van der Waals surface area contributed by atoms with Gasteiger partial charge in [-0.05, 0) is 37.5 Å². The molecule has 1 aliphatic carbocycles. The minimum Gasteiger partial charge on any atom is -0.294 e. The van der Waals surface area contributed by atoms with Crippen molar-refractivity contribution in [3.05, 3.63) is 52.3 Å². The second-order valence-corrected chi connectivity index (χ2v) is 6.14. The Morgan fingerprint density at radius 2 is 2.10 bits per heavy atom. The second kappa shape index (κ2) is 6.02. The van der Waals surface area contributed by atoms with Crippen LogP contribution < -0.4 is 0 Å². The predicted molar refractivity (Wildman–Crippen MR) is 84.0 cm³/mol. The van der Waals surface area contributed by atoms with Crippen molar-refractivity contribution in [2.45, 2.75) is 45.1 Å². The van der Waals surface area contributed by atoms with Gasteiger partial charge >= 0.3 is 0 Å². The van der Waals surface area contributed by atoms with Crippen molar-refractivity contribution in [3.8, 4) is 0 Å². The molecule has 1 saturated carbocycles. The lowest BCUT2D eigenvalue weighted by Gasteiger charge is -2.09. The summed E-state index contributed by atoms with van der Waals surface area (Å²) in [7, 11) is 0. The molecule has 0 radical (unpaired) electrons. The van der Waals surface area contributed by atoms with Crippen molar-refractivity contribution in [1.29, 1.82) is 0 Å². The zero-order valence-corrected chi connectivity index (χ0v) is 12.9. The molecule has 0 unspecified atom stereocenters. The van der Waals surface area contributed by atoms with Gasteiger partial charge in [-0.25, -0.2) is 0 Å².